The highest BCUT2D eigenvalue weighted by Gasteiger charge is 2.37. The molecule has 3 rings (SSSR count). The van der Waals surface area contributed by atoms with Crippen LogP contribution in [0, 0.1) is 11.7 Å². The van der Waals surface area contributed by atoms with Crippen molar-refractivity contribution in [2.75, 3.05) is 6.54 Å². The van der Waals surface area contributed by atoms with Crippen LogP contribution in [0.4, 0.5) is 9.18 Å². The van der Waals surface area contributed by atoms with Crippen molar-refractivity contribution in [3.05, 3.63) is 35.8 Å². The van der Waals surface area contributed by atoms with Gasteiger partial charge < -0.3 is 14.2 Å². The molecule has 2 aromatic rings. The van der Waals surface area contributed by atoms with E-state index in [0.717, 1.165) is 35.9 Å². The molecule has 4 nitrogen and oxygen atoms in total. The van der Waals surface area contributed by atoms with E-state index in [2.05, 4.69) is 6.92 Å². The molecular weight excluding hydrogens is 343 g/mol. The number of amides is 1. The quantitative estimate of drug-likeness (QED) is 0.690. The van der Waals surface area contributed by atoms with Crippen LogP contribution in [0.25, 0.3) is 10.9 Å². The minimum atomic E-state index is -0.496. The molecule has 1 amide bonds. The first kappa shape index (κ1) is 21.3. The fourth-order valence-corrected chi connectivity index (χ4v) is 3.70. The molecule has 1 aliphatic rings. The molecule has 1 unspecified atom stereocenters. The Kier molecular flexibility index (Phi) is 6.55. The molecule has 0 N–H and O–H groups in total. The van der Waals surface area contributed by atoms with Gasteiger partial charge in [-0.2, -0.15) is 0 Å². The van der Waals surface area contributed by atoms with Gasteiger partial charge in [-0.3, -0.25) is 0 Å². The zero-order chi connectivity index (χ0) is 20.4. The summed E-state index contributed by atoms with van der Waals surface area (Å²) in [4.78, 5) is 14.4. The average molecular weight is 377 g/mol. The number of carbonyl (C=O) groups excluding carboxylic acids is 1. The molecule has 2 atom stereocenters. The topological polar surface area (TPSA) is 34.5 Å². The van der Waals surface area contributed by atoms with E-state index in [4.69, 9.17) is 4.74 Å². The van der Waals surface area contributed by atoms with Gasteiger partial charge in [-0.15, -0.1) is 0 Å². The molecule has 27 heavy (non-hydrogen) atoms. The Balaban J connectivity index is 0.00000126. The van der Waals surface area contributed by atoms with Gasteiger partial charge in [-0.1, -0.05) is 20.8 Å². The molecule has 1 aromatic heterocycles. The van der Waals surface area contributed by atoms with Crippen LogP contribution in [-0.4, -0.2) is 33.7 Å². The van der Waals surface area contributed by atoms with Gasteiger partial charge in [0.1, 0.15) is 11.4 Å². The number of aryl methyl sites for hydroxylation is 1. The van der Waals surface area contributed by atoms with Crippen LogP contribution in [0.3, 0.4) is 0 Å². The number of likely N-dealkylation sites (tertiary alicyclic amines) is 1. The summed E-state index contributed by atoms with van der Waals surface area (Å²) in [6, 6.07) is 4.99. The molecular formula is C22H33FN2O2. The molecule has 150 valence electrons. The fraction of sp³-hybridized carbons (Fsp3) is 0.591. The van der Waals surface area contributed by atoms with Crippen LogP contribution in [0.1, 0.15) is 53.5 Å². The Labute approximate surface area is 162 Å². The largest absolute Gasteiger partial charge is 0.444 e. The molecule has 2 heterocycles. The fourth-order valence-electron chi connectivity index (χ4n) is 3.70. The van der Waals surface area contributed by atoms with Crippen molar-refractivity contribution < 1.29 is 13.9 Å². The molecule has 1 fully saturated rings. The summed E-state index contributed by atoms with van der Waals surface area (Å²) in [5.41, 5.74) is 1.53. The minimum absolute atomic E-state index is 0.102. The first-order chi connectivity index (χ1) is 12.7. The lowest BCUT2D eigenvalue weighted by molar-refractivity contribution is 0.0211. The Morgan fingerprint density at radius 1 is 1.30 bits per heavy atom. The maximum Gasteiger partial charge on any atom is 0.410 e. The summed E-state index contributed by atoms with van der Waals surface area (Å²) in [6.07, 6.45) is 3.53. The van der Waals surface area contributed by atoms with Crippen molar-refractivity contribution in [3.63, 3.8) is 0 Å². The zero-order valence-electron chi connectivity index (χ0n) is 17.7. The lowest BCUT2D eigenvalue weighted by Crippen LogP contribution is -2.42. The predicted molar refractivity (Wildman–Crippen MR) is 108 cm³/mol. The monoisotopic (exact) mass is 376 g/mol. The minimum Gasteiger partial charge on any atom is -0.444 e. The second-order valence-electron chi connectivity index (χ2n) is 8.14. The van der Waals surface area contributed by atoms with E-state index in [0.29, 0.717) is 5.92 Å². The first-order valence-electron chi connectivity index (χ1n) is 9.89. The number of nitrogens with zero attached hydrogens (tertiary/aromatic N) is 2. The van der Waals surface area contributed by atoms with Crippen molar-refractivity contribution in [1.82, 2.24) is 9.47 Å². The van der Waals surface area contributed by atoms with E-state index in [1.165, 1.54) is 6.07 Å². The van der Waals surface area contributed by atoms with Gasteiger partial charge in [0.2, 0.25) is 0 Å². The van der Waals surface area contributed by atoms with Crippen LogP contribution in [0.2, 0.25) is 0 Å². The lowest BCUT2D eigenvalue weighted by atomic mass is 9.95. The standard InChI is InChI=1S/C20H27FN2O2.C2H6/c1-13-8-9-23(19(24)25-20(2,3)4)17(13)10-14-12-22(5)18-11-15(21)6-7-16(14)18;1-2/h6-7,11-13,17H,8-10H2,1-5H3;1-2H3/t13-,17?;/m0./s1. The SMILES string of the molecule is CC.C[C@H]1CCN(C(=O)OC(C)(C)C)C1Cc1cn(C)c2cc(F)ccc12. The highest BCUT2D eigenvalue weighted by Crippen LogP contribution is 2.31. The summed E-state index contributed by atoms with van der Waals surface area (Å²) in [7, 11) is 1.93. The lowest BCUT2D eigenvalue weighted by Gasteiger charge is -2.30. The van der Waals surface area contributed by atoms with Gasteiger partial charge in [0, 0.05) is 31.2 Å². The Hall–Kier alpha value is -2.04. The summed E-state index contributed by atoms with van der Waals surface area (Å²) in [5.74, 6) is 0.174. The van der Waals surface area contributed by atoms with Crippen LogP contribution < -0.4 is 0 Å². The average Bonchev–Trinajstić information content (AvgIpc) is 3.09. The van der Waals surface area contributed by atoms with E-state index >= 15 is 0 Å². The number of aromatic nitrogens is 1. The summed E-state index contributed by atoms with van der Waals surface area (Å²) < 4.78 is 21.1. The molecule has 5 heteroatoms. The van der Waals surface area contributed by atoms with Crippen molar-refractivity contribution >= 4 is 17.0 Å². The van der Waals surface area contributed by atoms with Gasteiger partial charge in [0.05, 0.1) is 5.52 Å². The third kappa shape index (κ3) is 4.82. The van der Waals surface area contributed by atoms with Gasteiger partial charge in [-0.25, -0.2) is 9.18 Å². The molecule has 0 saturated carbocycles. The van der Waals surface area contributed by atoms with Crippen LogP contribution >= 0.6 is 0 Å². The third-order valence-electron chi connectivity index (χ3n) is 4.97. The molecule has 1 saturated heterocycles. The number of benzene rings is 1. The number of hydrogen-bond acceptors (Lipinski definition) is 2. The maximum atomic E-state index is 13.5. The highest BCUT2D eigenvalue weighted by molar-refractivity contribution is 5.84. The molecule has 1 aliphatic heterocycles. The van der Waals surface area contributed by atoms with Gasteiger partial charge >= 0.3 is 6.09 Å². The zero-order valence-corrected chi connectivity index (χ0v) is 17.7. The number of ether oxygens (including phenoxy) is 1. The van der Waals surface area contributed by atoms with E-state index in [-0.39, 0.29) is 18.0 Å². The third-order valence-corrected chi connectivity index (χ3v) is 4.97. The Morgan fingerprint density at radius 2 is 1.96 bits per heavy atom. The van der Waals surface area contributed by atoms with E-state index in [1.807, 2.05) is 63.4 Å². The second kappa shape index (κ2) is 8.32. The highest BCUT2D eigenvalue weighted by atomic mass is 19.1. The number of halogens is 1. The summed E-state index contributed by atoms with van der Waals surface area (Å²) >= 11 is 0. The Bertz CT molecular complexity index is 791. The van der Waals surface area contributed by atoms with E-state index in [9.17, 15) is 9.18 Å². The van der Waals surface area contributed by atoms with Crippen molar-refractivity contribution in [1.29, 1.82) is 0 Å². The van der Waals surface area contributed by atoms with Crippen molar-refractivity contribution in [2.24, 2.45) is 13.0 Å². The molecule has 0 radical (unpaired) electrons. The smallest absolute Gasteiger partial charge is 0.410 e. The van der Waals surface area contributed by atoms with E-state index in [1.54, 1.807) is 6.07 Å². The van der Waals surface area contributed by atoms with Crippen LogP contribution in [-0.2, 0) is 18.2 Å². The summed E-state index contributed by atoms with van der Waals surface area (Å²) in [6.45, 7) is 12.6. The van der Waals surface area contributed by atoms with Crippen molar-refractivity contribution in [3.8, 4) is 0 Å². The van der Waals surface area contributed by atoms with Crippen molar-refractivity contribution in [2.45, 2.75) is 66.0 Å². The number of carbonyl (C=O) groups is 1. The number of rotatable bonds is 2. The molecule has 0 spiro atoms. The van der Waals surface area contributed by atoms with Crippen LogP contribution in [0.5, 0.6) is 0 Å². The molecule has 1 aromatic carbocycles. The van der Waals surface area contributed by atoms with Gasteiger partial charge in [-0.05, 0) is 63.3 Å². The Morgan fingerprint density at radius 3 is 2.59 bits per heavy atom. The van der Waals surface area contributed by atoms with E-state index < -0.39 is 5.60 Å². The molecule has 0 bridgehead atoms. The number of hydrogen-bond donors (Lipinski definition) is 0. The van der Waals surface area contributed by atoms with Crippen LogP contribution in [0.15, 0.2) is 24.4 Å². The van der Waals surface area contributed by atoms with Gasteiger partial charge in [0.25, 0.3) is 0 Å². The normalized spacial score (nSPS) is 19.8. The summed E-state index contributed by atoms with van der Waals surface area (Å²) in [5, 5.41) is 1.05. The maximum absolute atomic E-state index is 13.5. The molecule has 0 aliphatic carbocycles. The van der Waals surface area contributed by atoms with Gasteiger partial charge in [0.15, 0.2) is 0 Å². The second-order valence-corrected chi connectivity index (χ2v) is 8.14. The number of fused-ring (bicyclic) bond motifs is 1. The predicted octanol–water partition coefficient (Wildman–Crippen LogP) is 5.53. The first-order valence-corrected chi connectivity index (χ1v) is 9.89.